The largest absolute Gasteiger partial charge is 0.464 e. The third kappa shape index (κ3) is 5.83. The van der Waals surface area contributed by atoms with E-state index < -0.39 is 0 Å². The first-order valence-electron chi connectivity index (χ1n) is 8.87. The SMILES string of the molecule is CN=C(NCC1CCN(CCOC)CC1)NC(C)c1ccc(C)o1. The molecule has 2 heterocycles. The summed E-state index contributed by atoms with van der Waals surface area (Å²) in [4.78, 5) is 6.81. The van der Waals surface area contributed by atoms with Crippen LogP contribution in [0.4, 0.5) is 0 Å². The molecule has 0 saturated carbocycles. The molecule has 6 nitrogen and oxygen atoms in total. The standard InChI is InChI=1S/C18H32N4O2/c1-14-5-6-17(24-14)15(2)21-18(19-3)20-13-16-7-9-22(10-8-16)11-12-23-4/h5-6,15-16H,7-13H2,1-4H3,(H2,19,20,21). The maximum absolute atomic E-state index is 5.67. The van der Waals surface area contributed by atoms with E-state index in [9.17, 15) is 0 Å². The number of furan rings is 1. The van der Waals surface area contributed by atoms with Crippen molar-refractivity contribution in [2.75, 3.05) is 46.9 Å². The molecule has 0 amide bonds. The van der Waals surface area contributed by atoms with E-state index in [1.165, 1.54) is 12.8 Å². The molecule has 1 aromatic rings. The Kier molecular flexibility index (Phi) is 7.59. The first kappa shape index (κ1) is 18.8. The van der Waals surface area contributed by atoms with Crippen molar-refractivity contribution in [2.45, 2.75) is 32.7 Å². The van der Waals surface area contributed by atoms with Crippen LogP contribution in [0.5, 0.6) is 0 Å². The Bertz CT molecular complexity index is 507. The van der Waals surface area contributed by atoms with Gasteiger partial charge in [0.15, 0.2) is 5.96 Å². The zero-order valence-electron chi connectivity index (χ0n) is 15.5. The molecule has 2 N–H and O–H groups in total. The second-order valence-electron chi connectivity index (χ2n) is 6.55. The number of hydrogen-bond donors (Lipinski definition) is 2. The second-order valence-corrected chi connectivity index (χ2v) is 6.55. The van der Waals surface area contributed by atoms with E-state index in [-0.39, 0.29) is 6.04 Å². The number of nitrogens with zero attached hydrogens (tertiary/aromatic N) is 2. The summed E-state index contributed by atoms with van der Waals surface area (Å²) < 4.78 is 10.8. The van der Waals surface area contributed by atoms with Crippen LogP contribution in [0.25, 0.3) is 0 Å². The molecule has 0 spiro atoms. The molecule has 1 atom stereocenters. The van der Waals surface area contributed by atoms with Crippen LogP contribution in [0.2, 0.25) is 0 Å². The molecule has 0 aromatic carbocycles. The average Bonchev–Trinajstić information content (AvgIpc) is 3.04. The first-order valence-corrected chi connectivity index (χ1v) is 8.87. The number of aliphatic imine (C=N–C) groups is 1. The van der Waals surface area contributed by atoms with E-state index >= 15 is 0 Å². The number of likely N-dealkylation sites (tertiary alicyclic amines) is 1. The Hall–Kier alpha value is -1.53. The predicted octanol–water partition coefficient (Wildman–Crippen LogP) is 2.17. The highest BCUT2D eigenvalue weighted by Crippen LogP contribution is 2.17. The van der Waals surface area contributed by atoms with Crippen molar-refractivity contribution in [3.63, 3.8) is 0 Å². The molecule has 1 aliphatic rings. The molecule has 0 aliphatic carbocycles. The molecule has 2 rings (SSSR count). The monoisotopic (exact) mass is 336 g/mol. The van der Waals surface area contributed by atoms with E-state index in [1.807, 2.05) is 26.1 Å². The van der Waals surface area contributed by atoms with Crippen molar-refractivity contribution >= 4 is 5.96 Å². The van der Waals surface area contributed by atoms with Gasteiger partial charge in [-0.25, -0.2) is 0 Å². The topological polar surface area (TPSA) is 62.0 Å². The Morgan fingerprint density at radius 2 is 2.17 bits per heavy atom. The number of methoxy groups -OCH3 is 1. The summed E-state index contributed by atoms with van der Waals surface area (Å²) in [6.07, 6.45) is 2.45. The van der Waals surface area contributed by atoms with Gasteiger partial charge in [0.05, 0.1) is 12.6 Å². The van der Waals surface area contributed by atoms with Crippen LogP contribution in [0.3, 0.4) is 0 Å². The molecule has 1 unspecified atom stereocenters. The number of aryl methyl sites for hydroxylation is 1. The zero-order valence-corrected chi connectivity index (χ0v) is 15.5. The number of guanidine groups is 1. The minimum atomic E-state index is 0.0980. The third-order valence-corrected chi connectivity index (χ3v) is 4.64. The van der Waals surface area contributed by atoms with E-state index in [0.29, 0.717) is 5.92 Å². The van der Waals surface area contributed by atoms with E-state index in [1.54, 1.807) is 7.11 Å². The first-order chi connectivity index (χ1) is 11.6. The zero-order chi connectivity index (χ0) is 17.4. The number of rotatable bonds is 7. The number of ether oxygens (including phenoxy) is 1. The lowest BCUT2D eigenvalue weighted by molar-refractivity contribution is 0.121. The van der Waals surface area contributed by atoms with Crippen LogP contribution >= 0.6 is 0 Å². The Labute approximate surface area is 145 Å². The Morgan fingerprint density at radius 3 is 2.75 bits per heavy atom. The third-order valence-electron chi connectivity index (χ3n) is 4.64. The van der Waals surface area contributed by atoms with Crippen molar-refractivity contribution < 1.29 is 9.15 Å². The van der Waals surface area contributed by atoms with Crippen LogP contribution in [0, 0.1) is 12.8 Å². The summed E-state index contributed by atoms with van der Waals surface area (Å²) in [5.74, 6) is 3.39. The van der Waals surface area contributed by atoms with E-state index in [0.717, 1.165) is 50.3 Å². The minimum Gasteiger partial charge on any atom is -0.464 e. The molecular weight excluding hydrogens is 304 g/mol. The van der Waals surface area contributed by atoms with Gasteiger partial charge in [-0.2, -0.15) is 0 Å². The lowest BCUT2D eigenvalue weighted by Crippen LogP contribution is -2.43. The minimum absolute atomic E-state index is 0.0980. The Balaban J connectivity index is 1.70. The smallest absolute Gasteiger partial charge is 0.191 e. The maximum Gasteiger partial charge on any atom is 0.191 e. The average molecular weight is 336 g/mol. The van der Waals surface area contributed by atoms with Crippen molar-refractivity contribution in [2.24, 2.45) is 10.9 Å². The highest BCUT2D eigenvalue weighted by molar-refractivity contribution is 5.80. The van der Waals surface area contributed by atoms with Crippen molar-refractivity contribution in [3.8, 4) is 0 Å². The summed E-state index contributed by atoms with van der Waals surface area (Å²) in [7, 11) is 3.57. The summed E-state index contributed by atoms with van der Waals surface area (Å²) in [5.41, 5.74) is 0. The van der Waals surface area contributed by atoms with Crippen molar-refractivity contribution in [1.29, 1.82) is 0 Å². The van der Waals surface area contributed by atoms with Gasteiger partial charge >= 0.3 is 0 Å². The molecule has 0 radical (unpaired) electrons. The van der Waals surface area contributed by atoms with Gasteiger partial charge in [-0.05, 0) is 57.8 Å². The maximum atomic E-state index is 5.67. The molecular formula is C18H32N4O2. The molecule has 136 valence electrons. The lowest BCUT2D eigenvalue weighted by atomic mass is 9.97. The number of nitrogens with one attached hydrogen (secondary N) is 2. The fourth-order valence-corrected chi connectivity index (χ4v) is 3.03. The molecule has 24 heavy (non-hydrogen) atoms. The lowest BCUT2D eigenvalue weighted by Gasteiger charge is -2.32. The van der Waals surface area contributed by atoms with Crippen LogP contribution < -0.4 is 10.6 Å². The predicted molar refractivity (Wildman–Crippen MR) is 97.4 cm³/mol. The van der Waals surface area contributed by atoms with Crippen LogP contribution in [-0.2, 0) is 4.74 Å². The van der Waals surface area contributed by atoms with E-state index in [4.69, 9.17) is 9.15 Å². The Morgan fingerprint density at radius 1 is 1.42 bits per heavy atom. The van der Waals surface area contributed by atoms with Crippen molar-refractivity contribution in [3.05, 3.63) is 23.7 Å². The molecule has 1 aromatic heterocycles. The normalized spacial score (nSPS) is 18.6. The summed E-state index contributed by atoms with van der Waals surface area (Å²) in [5, 5.41) is 6.85. The van der Waals surface area contributed by atoms with Crippen LogP contribution in [-0.4, -0.2) is 57.8 Å². The summed E-state index contributed by atoms with van der Waals surface area (Å²) in [6.45, 7) is 9.18. The van der Waals surface area contributed by atoms with Gasteiger partial charge in [-0.15, -0.1) is 0 Å². The molecule has 0 bridgehead atoms. The van der Waals surface area contributed by atoms with Gasteiger partial charge in [0, 0.05) is 27.2 Å². The van der Waals surface area contributed by atoms with Gasteiger partial charge in [0.25, 0.3) is 0 Å². The van der Waals surface area contributed by atoms with Crippen LogP contribution in [0.15, 0.2) is 21.5 Å². The highest BCUT2D eigenvalue weighted by atomic mass is 16.5. The van der Waals surface area contributed by atoms with Gasteiger partial charge < -0.3 is 24.7 Å². The van der Waals surface area contributed by atoms with Crippen molar-refractivity contribution in [1.82, 2.24) is 15.5 Å². The summed E-state index contributed by atoms with van der Waals surface area (Å²) in [6, 6.07) is 4.10. The van der Waals surface area contributed by atoms with Gasteiger partial charge in [0.1, 0.15) is 11.5 Å². The molecule has 6 heteroatoms. The fraction of sp³-hybridized carbons (Fsp3) is 0.722. The van der Waals surface area contributed by atoms with Crippen LogP contribution in [0.1, 0.15) is 37.3 Å². The quantitative estimate of drug-likeness (QED) is 0.590. The van der Waals surface area contributed by atoms with Gasteiger partial charge in [0.2, 0.25) is 0 Å². The number of hydrogen-bond acceptors (Lipinski definition) is 4. The molecule has 1 saturated heterocycles. The van der Waals surface area contributed by atoms with Gasteiger partial charge in [-0.1, -0.05) is 0 Å². The molecule has 1 aliphatic heterocycles. The van der Waals surface area contributed by atoms with E-state index in [2.05, 4.69) is 27.4 Å². The second kappa shape index (κ2) is 9.69. The molecule has 1 fully saturated rings. The highest BCUT2D eigenvalue weighted by Gasteiger charge is 2.19. The fourth-order valence-electron chi connectivity index (χ4n) is 3.03. The summed E-state index contributed by atoms with van der Waals surface area (Å²) >= 11 is 0. The van der Waals surface area contributed by atoms with Gasteiger partial charge in [-0.3, -0.25) is 4.99 Å². The number of piperidine rings is 1.